The standard InChI is InChI=1S/C5H10N2O3/c1-10-7-4-5(9)6-2-3-8/h4,8H,2-3H2,1H3,(H,6,9)/b7-4+. The number of nitrogens with one attached hydrogen (secondary N) is 1. The molecule has 0 fully saturated rings. The Morgan fingerprint density at radius 2 is 2.60 bits per heavy atom. The Kier molecular flexibility index (Phi) is 5.36. The molecule has 0 radical (unpaired) electrons. The highest BCUT2D eigenvalue weighted by molar-refractivity contribution is 6.26. The largest absolute Gasteiger partial charge is 0.399 e. The van der Waals surface area contributed by atoms with Gasteiger partial charge in [-0.1, -0.05) is 5.16 Å². The van der Waals surface area contributed by atoms with Gasteiger partial charge in [-0.3, -0.25) is 4.79 Å². The molecule has 0 unspecified atom stereocenters. The number of amides is 1. The van der Waals surface area contributed by atoms with Crippen molar-refractivity contribution >= 4 is 12.1 Å². The van der Waals surface area contributed by atoms with Gasteiger partial charge in [-0.2, -0.15) is 0 Å². The maximum atomic E-state index is 10.5. The van der Waals surface area contributed by atoms with Crippen LogP contribution in [0.25, 0.3) is 0 Å². The highest BCUT2D eigenvalue weighted by Crippen LogP contribution is 1.64. The second kappa shape index (κ2) is 6.03. The fourth-order valence-electron chi connectivity index (χ4n) is 0.325. The van der Waals surface area contributed by atoms with Crippen LogP contribution in [0.2, 0.25) is 0 Å². The molecule has 0 aliphatic heterocycles. The van der Waals surface area contributed by atoms with Crippen LogP contribution in [0.15, 0.2) is 5.16 Å². The van der Waals surface area contributed by atoms with Crippen LogP contribution in [0.3, 0.4) is 0 Å². The lowest BCUT2D eigenvalue weighted by Gasteiger charge is -1.94. The summed E-state index contributed by atoms with van der Waals surface area (Å²) < 4.78 is 0. The van der Waals surface area contributed by atoms with E-state index in [4.69, 9.17) is 5.11 Å². The fourth-order valence-corrected chi connectivity index (χ4v) is 0.325. The number of hydrogen-bond acceptors (Lipinski definition) is 4. The molecule has 2 N–H and O–H groups in total. The summed E-state index contributed by atoms with van der Waals surface area (Å²) in [6.45, 7) is 0.154. The fraction of sp³-hybridized carbons (Fsp3) is 0.600. The Balaban J connectivity index is 3.34. The van der Waals surface area contributed by atoms with Crippen molar-refractivity contribution in [1.82, 2.24) is 5.32 Å². The summed E-state index contributed by atoms with van der Waals surface area (Å²) in [5.74, 6) is -0.379. The maximum absolute atomic E-state index is 10.5. The van der Waals surface area contributed by atoms with Gasteiger partial charge in [0.05, 0.1) is 6.61 Å². The summed E-state index contributed by atoms with van der Waals surface area (Å²) in [5.41, 5.74) is 0. The monoisotopic (exact) mass is 146 g/mol. The molecule has 0 rings (SSSR count). The van der Waals surface area contributed by atoms with E-state index >= 15 is 0 Å². The van der Waals surface area contributed by atoms with Crippen molar-refractivity contribution in [3.63, 3.8) is 0 Å². The smallest absolute Gasteiger partial charge is 0.265 e. The third-order valence-electron chi connectivity index (χ3n) is 0.686. The van der Waals surface area contributed by atoms with Crippen LogP contribution in [0.4, 0.5) is 0 Å². The van der Waals surface area contributed by atoms with Crippen LogP contribution >= 0.6 is 0 Å². The van der Waals surface area contributed by atoms with Gasteiger partial charge < -0.3 is 15.3 Å². The Hall–Kier alpha value is -1.10. The van der Waals surface area contributed by atoms with Crippen molar-refractivity contribution in [2.75, 3.05) is 20.3 Å². The second-order valence-electron chi connectivity index (χ2n) is 1.43. The minimum Gasteiger partial charge on any atom is -0.399 e. The first-order valence-electron chi connectivity index (χ1n) is 2.76. The maximum Gasteiger partial charge on any atom is 0.265 e. The molecule has 0 heterocycles. The molecular weight excluding hydrogens is 136 g/mol. The van der Waals surface area contributed by atoms with Crippen LogP contribution in [0.1, 0.15) is 0 Å². The van der Waals surface area contributed by atoms with E-state index in [1.807, 2.05) is 0 Å². The van der Waals surface area contributed by atoms with E-state index in [0.717, 1.165) is 6.21 Å². The summed E-state index contributed by atoms with van der Waals surface area (Å²) in [4.78, 5) is 14.7. The van der Waals surface area contributed by atoms with E-state index in [-0.39, 0.29) is 19.1 Å². The molecule has 10 heavy (non-hydrogen) atoms. The summed E-state index contributed by atoms with van der Waals surface area (Å²) in [5, 5.41) is 13.8. The predicted molar refractivity (Wildman–Crippen MR) is 35.6 cm³/mol. The van der Waals surface area contributed by atoms with Crippen molar-refractivity contribution in [3.05, 3.63) is 0 Å². The zero-order chi connectivity index (χ0) is 7.82. The lowest BCUT2D eigenvalue weighted by Crippen LogP contribution is -2.27. The summed E-state index contributed by atoms with van der Waals surface area (Å²) in [7, 11) is 1.34. The first-order chi connectivity index (χ1) is 4.81. The molecule has 0 aliphatic rings. The third kappa shape index (κ3) is 5.04. The lowest BCUT2D eigenvalue weighted by molar-refractivity contribution is -0.114. The molecule has 0 aliphatic carbocycles. The molecule has 0 saturated carbocycles. The van der Waals surface area contributed by atoms with E-state index in [1.54, 1.807) is 0 Å². The Labute approximate surface area is 58.7 Å². The molecule has 0 atom stereocenters. The van der Waals surface area contributed by atoms with Gasteiger partial charge in [0, 0.05) is 6.54 Å². The average molecular weight is 146 g/mol. The van der Waals surface area contributed by atoms with Crippen molar-refractivity contribution in [3.8, 4) is 0 Å². The number of carbonyl (C=O) groups is 1. The Morgan fingerprint density at radius 1 is 1.90 bits per heavy atom. The van der Waals surface area contributed by atoms with Crippen LogP contribution in [-0.2, 0) is 9.63 Å². The minimum absolute atomic E-state index is 0.0768. The first-order valence-corrected chi connectivity index (χ1v) is 2.76. The first kappa shape index (κ1) is 8.90. The second-order valence-corrected chi connectivity index (χ2v) is 1.43. The SMILES string of the molecule is CO/N=C/C(=O)NCCO. The van der Waals surface area contributed by atoms with Gasteiger partial charge in [0.15, 0.2) is 0 Å². The van der Waals surface area contributed by atoms with Gasteiger partial charge in [0.25, 0.3) is 5.91 Å². The van der Waals surface area contributed by atoms with Crippen LogP contribution in [0, 0.1) is 0 Å². The van der Waals surface area contributed by atoms with E-state index < -0.39 is 0 Å². The molecule has 0 aromatic rings. The number of aliphatic hydroxyl groups is 1. The van der Waals surface area contributed by atoms with Gasteiger partial charge in [-0.25, -0.2) is 0 Å². The highest BCUT2D eigenvalue weighted by Gasteiger charge is 1.91. The zero-order valence-electron chi connectivity index (χ0n) is 5.70. The highest BCUT2D eigenvalue weighted by atomic mass is 16.6. The minimum atomic E-state index is -0.379. The molecule has 0 aromatic heterocycles. The van der Waals surface area contributed by atoms with Gasteiger partial charge >= 0.3 is 0 Å². The van der Waals surface area contributed by atoms with Gasteiger partial charge in [-0.15, -0.1) is 0 Å². The molecule has 0 saturated heterocycles. The van der Waals surface area contributed by atoms with Gasteiger partial charge in [0.1, 0.15) is 13.3 Å². The number of oxime groups is 1. The quantitative estimate of drug-likeness (QED) is 0.383. The summed E-state index contributed by atoms with van der Waals surface area (Å²) in [6, 6.07) is 0. The van der Waals surface area contributed by atoms with Crippen molar-refractivity contribution in [2.24, 2.45) is 5.16 Å². The van der Waals surface area contributed by atoms with E-state index in [9.17, 15) is 4.79 Å². The number of carbonyl (C=O) groups excluding carboxylic acids is 1. The molecule has 58 valence electrons. The van der Waals surface area contributed by atoms with Gasteiger partial charge in [-0.05, 0) is 0 Å². The van der Waals surface area contributed by atoms with E-state index in [0.29, 0.717) is 0 Å². The number of hydrogen-bond donors (Lipinski definition) is 2. The number of rotatable bonds is 4. The lowest BCUT2D eigenvalue weighted by atomic mass is 10.6. The molecular formula is C5H10N2O3. The van der Waals surface area contributed by atoms with Crippen LogP contribution in [-0.4, -0.2) is 37.5 Å². The number of aliphatic hydroxyl groups excluding tert-OH is 1. The average Bonchev–Trinajstić information content (AvgIpc) is 1.97. The molecule has 0 spiro atoms. The molecule has 5 nitrogen and oxygen atoms in total. The third-order valence-corrected chi connectivity index (χ3v) is 0.686. The molecule has 5 heteroatoms. The summed E-state index contributed by atoms with van der Waals surface area (Å²) in [6.07, 6.45) is 0.996. The summed E-state index contributed by atoms with van der Waals surface area (Å²) >= 11 is 0. The van der Waals surface area contributed by atoms with Crippen molar-refractivity contribution < 1.29 is 14.7 Å². The zero-order valence-corrected chi connectivity index (χ0v) is 5.70. The normalized spacial score (nSPS) is 9.80. The molecule has 0 bridgehead atoms. The molecule has 0 aromatic carbocycles. The van der Waals surface area contributed by atoms with Gasteiger partial charge in [0.2, 0.25) is 0 Å². The van der Waals surface area contributed by atoms with Crippen molar-refractivity contribution in [2.45, 2.75) is 0 Å². The van der Waals surface area contributed by atoms with Crippen LogP contribution in [0.5, 0.6) is 0 Å². The molecule has 1 amide bonds. The Morgan fingerprint density at radius 3 is 3.10 bits per heavy atom. The Bertz CT molecular complexity index is 124. The van der Waals surface area contributed by atoms with Crippen LogP contribution < -0.4 is 5.32 Å². The predicted octanol–water partition coefficient (Wildman–Crippen LogP) is -1.27. The number of nitrogens with zero attached hydrogens (tertiary/aromatic N) is 1. The van der Waals surface area contributed by atoms with E-state index in [2.05, 4.69) is 15.3 Å². The topological polar surface area (TPSA) is 70.9 Å². The van der Waals surface area contributed by atoms with Crippen molar-refractivity contribution in [1.29, 1.82) is 0 Å². The van der Waals surface area contributed by atoms with E-state index in [1.165, 1.54) is 7.11 Å².